The average molecular weight is 486 g/mol. The van der Waals surface area contributed by atoms with Gasteiger partial charge in [-0.2, -0.15) is 4.98 Å². The number of likely N-dealkylation sites (N-methyl/N-ethyl adjacent to an activating group) is 1. The van der Waals surface area contributed by atoms with Crippen molar-refractivity contribution < 1.29 is 17.9 Å². The molecule has 1 aromatic heterocycles. The van der Waals surface area contributed by atoms with Crippen molar-refractivity contribution in [2.24, 2.45) is 0 Å². The number of benzene rings is 2. The lowest BCUT2D eigenvalue weighted by Crippen LogP contribution is -2.49. The van der Waals surface area contributed by atoms with Crippen molar-refractivity contribution in [3.8, 4) is 11.5 Å². The zero-order valence-corrected chi connectivity index (χ0v) is 20.8. The van der Waals surface area contributed by atoms with Gasteiger partial charge in [-0.3, -0.25) is 0 Å². The van der Waals surface area contributed by atoms with E-state index in [0.29, 0.717) is 66.6 Å². The lowest BCUT2D eigenvalue weighted by Gasteiger charge is -2.43. The molecule has 0 saturated carbocycles. The van der Waals surface area contributed by atoms with E-state index >= 15 is 0 Å². The Hall–Kier alpha value is -3.11. The Labute approximate surface area is 200 Å². The molecule has 0 atom stereocenters. The van der Waals surface area contributed by atoms with Gasteiger partial charge in [0, 0.05) is 43.5 Å². The lowest BCUT2D eigenvalue weighted by molar-refractivity contribution is 0.236. The number of rotatable bonds is 7. The maximum atomic E-state index is 12.1. The van der Waals surface area contributed by atoms with E-state index in [2.05, 4.69) is 17.1 Å². The summed E-state index contributed by atoms with van der Waals surface area (Å²) in [6.07, 6.45) is 2.66. The molecule has 4 rings (SSSR count). The number of fused-ring (bicyclic) bond motifs is 1. The summed E-state index contributed by atoms with van der Waals surface area (Å²) in [7, 11) is 1.86. The molecule has 3 aromatic rings. The number of nitrogens with two attached hydrogens (primary N) is 1. The molecule has 9 nitrogen and oxygen atoms in total. The van der Waals surface area contributed by atoms with Crippen LogP contribution in [0.4, 0.5) is 11.8 Å². The number of nitrogen functional groups attached to an aromatic ring is 1. The summed E-state index contributed by atoms with van der Waals surface area (Å²) in [6.45, 7) is 1.56. The first-order valence-corrected chi connectivity index (χ1v) is 12.9. The highest BCUT2D eigenvalue weighted by Crippen LogP contribution is 2.38. The van der Waals surface area contributed by atoms with Gasteiger partial charge in [-0.05, 0) is 24.5 Å². The van der Waals surface area contributed by atoms with Gasteiger partial charge in [0.2, 0.25) is 16.0 Å². The molecule has 2 heterocycles. The fraction of sp³-hybridized carbons (Fsp3) is 0.417. The van der Waals surface area contributed by atoms with Crippen LogP contribution < -0.4 is 20.1 Å². The van der Waals surface area contributed by atoms with E-state index < -0.39 is 10.0 Å². The predicted molar refractivity (Wildman–Crippen MR) is 134 cm³/mol. The molecular formula is C24H31N5O4S. The van der Waals surface area contributed by atoms with Crippen LogP contribution in [-0.2, 0) is 15.4 Å². The number of nitrogens with zero attached hydrogens (tertiary/aromatic N) is 4. The molecule has 2 aromatic carbocycles. The summed E-state index contributed by atoms with van der Waals surface area (Å²) in [5, 5.41) is 0.689. The van der Waals surface area contributed by atoms with Crippen LogP contribution in [0.25, 0.3) is 10.9 Å². The Morgan fingerprint density at radius 3 is 2.26 bits per heavy atom. The first kappa shape index (κ1) is 24.0. The molecule has 182 valence electrons. The monoisotopic (exact) mass is 485 g/mol. The van der Waals surface area contributed by atoms with Gasteiger partial charge in [-0.15, -0.1) is 0 Å². The molecule has 10 heteroatoms. The molecule has 0 spiro atoms. The summed E-state index contributed by atoms with van der Waals surface area (Å²) in [5.74, 6) is 1.98. The minimum atomic E-state index is -3.22. The highest BCUT2D eigenvalue weighted by Gasteiger charge is 2.39. The number of sulfonamides is 1. The van der Waals surface area contributed by atoms with Crippen LogP contribution >= 0.6 is 0 Å². The number of methoxy groups -OCH3 is 2. The maximum Gasteiger partial charge on any atom is 0.227 e. The van der Waals surface area contributed by atoms with Crippen LogP contribution in [0.3, 0.4) is 0 Å². The van der Waals surface area contributed by atoms with Gasteiger partial charge in [0.25, 0.3) is 0 Å². The Balaban J connectivity index is 1.69. The van der Waals surface area contributed by atoms with E-state index in [1.807, 2.05) is 30.1 Å². The molecule has 1 aliphatic rings. The Bertz CT molecular complexity index is 1280. The van der Waals surface area contributed by atoms with Crippen molar-refractivity contribution in [1.29, 1.82) is 0 Å². The third-order valence-electron chi connectivity index (χ3n) is 6.63. The van der Waals surface area contributed by atoms with E-state index in [9.17, 15) is 8.42 Å². The van der Waals surface area contributed by atoms with Crippen molar-refractivity contribution in [2.45, 2.75) is 18.3 Å². The fourth-order valence-electron chi connectivity index (χ4n) is 4.74. The van der Waals surface area contributed by atoms with Crippen molar-refractivity contribution in [2.75, 3.05) is 57.8 Å². The van der Waals surface area contributed by atoms with Crippen LogP contribution in [-0.4, -0.2) is 69.8 Å². The van der Waals surface area contributed by atoms with Gasteiger partial charge in [-0.1, -0.05) is 30.3 Å². The van der Waals surface area contributed by atoms with Crippen molar-refractivity contribution >= 4 is 32.7 Å². The molecule has 0 radical (unpaired) electrons. The number of hydrogen-bond acceptors (Lipinski definition) is 8. The zero-order chi connectivity index (χ0) is 24.5. The van der Waals surface area contributed by atoms with E-state index in [-0.39, 0.29) is 5.41 Å². The Kier molecular flexibility index (Phi) is 6.55. The molecule has 34 heavy (non-hydrogen) atoms. The minimum absolute atomic E-state index is 0.248. The molecule has 2 N–H and O–H groups in total. The van der Waals surface area contributed by atoms with Crippen molar-refractivity contribution in [3.63, 3.8) is 0 Å². The number of anilines is 2. The molecule has 0 aliphatic carbocycles. The van der Waals surface area contributed by atoms with E-state index in [1.54, 1.807) is 30.7 Å². The van der Waals surface area contributed by atoms with Gasteiger partial charge in [0.05, 0.1) is 26.0 Å². The largest absolute Gasteiger partial charge is 0.493 e. The number of hydrogen-bond donors (Lipinski definition) is 1. The molecule has 1 saturated heterocycles. The minimum Gasteiger partial charge on any atom is -0.493 e. The van der Waals surface area contributed by atoms with Crippen LogP contribution in [0.1, 0.15) is 18.4 Å². The van der Waals surface area contributed by atoms with Gasteiger partial charge in [0.1, 0.15) is 5.82 Å². The summed E-state index contributed by atoms with van der Waals surface area (Å²) in [6, 6.07) is 13.8. The second-order valence-corrected chi connectivity index (χ2v) is 10.8. The first-order chi connectivity index (χ1) is 16.2. The third-order valence-corrected chi connectivity index (χ3v) is 7.94. The fourth-order valence-corrected chi connectivity index (χ4v) is 5.58. The van der Waals surface area contributed by atoms with E-state index in [1.165, 1.54) is 11.8 Å². The maximum absolute atomic E-state index is 12.1. The summed E-state index contributed by atoms with van der Waals surface area (Å²) >= 11 is 0. The van der Waals surface area contributed by atoms with Crippen LogP contribution in [0.5, 0.6) is 11.5 Å². The molecular weight excluding hydrogens is 454 g/mol. The molecule has 0 unspecified atom stereocenters. The standard InChI is InChI=1S/C24H31N5O4S/c1-28(23-26-19-15-21(33-3)20(32-2)14-18(19)22(25)27-23)16-24(17-8-6-5-7-9-17)10-12-29(13-11-24)34(4,30)31/h5-9,14-15H,10-13,16H2,1-4H3,(H2,25,26,27). The SMILES string of the molecule is COc1cc2nc(N(C)CC3(c4ccccc4)CCN(S(C)(=O)=O)CC3)nc(N)c2cc1OC. The number of aromatic nitrogens is 2. The van der Waals surface area contributed by atoms with E-state index in [4.69, 9.17) is 20.2 Å². The topological polar surface area (TPSA) is 111 Å². The quantitative estimate of drug-likeness (QED) is 0.544. The highest BCUT2D eigenvalue weighted by atomic mass is 32.2. The highest BCUT2D eigenvalue weighted by molar-refractivity contribution is 7.88. The third kappa shape index (κ3) is 4.60. The smallest absolute Gasteiger partial charge is 0.227 e. The molecule has 0 amide bonds. The molecule has 1 fully saturated rings. The average Bonchev–Trinajstić information content (AvgIpc) is 2.83. The summed E-state index contributed by atoms with van der Waals surface area (Å²) in [5.41, 5.74) is 7.89. The molecule has 0 bridgehead atoms. The zero-order valence-electron chi connectivity index (χ0n) is 20.0. The van der Waals surface area contributed by atoms with Crippen molar-refractivity contribution in [3.05, 3.63) is 48.0 Å². The Morgan fingerprint density at radius 2 is 1.68 bits per heavy atom. The van der Waals surface area contributed by atoms with Crippen LogP contribution in [0.2, 0.25) is 0 Å². The van der Waals surface area contributed by atoms with Gasteiger partial charge in [0.15, 0.2) is 11.5 Å². The predicted octanol–water partition coefficient (Wildman–Crippen LogP) is 2.66. The Morgan fingerprint density at radius 1 is 1.06 bits per heavy atom. The van der Waals surface area contributed by atoms with Crippen LogP contribution in [0.15, 0.2) is 42.5 Å². The summed E-state index contributed by atoms with van der Waals surface area (Å²) in [4.78, 5) is 11.3. The van der Waals surface area contributed by atoms with E-state index in [0.717, 1.165) is 0 Å². The number of ether oxygens (including phenoxy) is 2. The van der Waals surface area contributed by atoms with Gasteiger partial charge < -0.3 is 20.1 Å². The first-order valence-electron chi connectivity index (χ1n) is 11.1. The van der Waals surface area contributed by atoms with Gasteiger partial charge in [-0.25, -0.2) is 17.7 Å². The molecule has 1 aliphatic heterocycles. The summed E-state index contributed by atoms with van der Waals surface area (Å²) < 4.78 is 36.6. The number of piperidine rings is 1. The second kappa shape index (κ2) is 9.27. The van der Waals surface area contributed by atoms with Gasteiger partial charge >= 0.3 is 0 Å². The normalized spacial score (nSPS) is 16.4. The van der Waals surface area contributed by atoms with Crippen LogP contribution in [0, 0.1) is 0 Å². The second-order valence-electron chi connectivity index (χ2n) is 8.80. The van der Waals surface area contributed by atoms with Crippen molar-refractivity contribution in [1.82, 2.24) is 14.3 Å². The lowest BCUT2D eigenvalue weighted by atomic mass is 9.73.